The summed E-state index contributed by atoms with van der Waals surface area (Å²) in [6.07, 6.45) is -3.16. The van der Waals surface area contributed by atoms with Gasteiger partial charge in [-0.1, -0.05) is 36.4 Å². The number of alkyl halides is 3. The summed E-state index contributed by atoms with van der Waals surface area (Å²) in [5.41, 5.74) is 1.18. The summed E-state index contributed by atoms with van der Waals surface area (Å²) in [5, 5.41) is 0. The number of amides is 2. The highest BCUT2D eigenvalue weighted by molar-refractivity contribution is 6.07. The van der Waals surface area contributed by atoms with E-state index in [2.05, 4.69) is 4.98 Å². The summed E-state index contributed by atoms with van der Waals surface area (Å²) in [6.45, 7) is 3.37. The first-order valence-electron chi connectivity index (χ1n) is 10.5. The molecule has 0 radical (unpaired) electrons. The number of aromatic nitrogens is 1. The van der Waals surface area contributed by atoms with Crippen molar-refractivity contribution in [2.24, 2.45) is 0 Å². The summed E-state index contributed by atoms with van der Waals surface area (Å²) >= 11 is 0. The van der Waals surface area contributed by atoms with Gasteiger partial charge < -0.3 is 9.80 Å². The summed E-state index contributed by atoms with van der Waals surface area (Å²) in [7, 11) is 0. The van der Waals surface area contributed by atoms with Crippen molar-refractivity contribution in [1.29, 1.82) is 0 Å². The highest BCUT2D eigenvalue weighted by Gasteiger charge is 2.38. The Morgan fingerprint density at radius 2 is 1.67 bits per heavy atom. The van der Waals surface area contributed by atoms with Crippen molar-refractivity contribution in [2.75, 3.05) is 9.80 Å². The minimum absolute atomic E-state index is 0.0644. The molecule has 0 saturated carbocycles. The molecule has 2 amide bonds. The normalized spacial score (nSPS) is 17.9. The maximum atomic E-state index is 13.3. The number of halogens is 3. The Labute approximate surface area is 189 Å². The van der Waals surface area contributed by atoms with Crippen LogP contribution in [-0.2, 0) is 11.0 Å². The molecule has 0 bridgehead atoms. The smallest absolute Gasteiger partial charge is 0.305 e. The number of carbonyl (C=O) groups excluding carboxylic acids is 2. The Bertz CT molecular complexity index is 1160. The number of anilines is 2. The number of nitrogens with zero attached hydrogens (tertiary/aromatic N) is 3. The minimum Gasteiger partial charge on any atom is -0.305 e. The zero-order valence-corrected chi connectivity index (χ0v) is 18.1. The third-order valence-corrected chi connectivity index (χ3v) is 5.77. The maximum Gasteiger partial charge on any atom is 0.433 e. The zero-order chi connectivity index (χ0) is 23.8. The number of pyridine rings is 1. The largest absolute Gasteiger partial charge is 0.433 e. The zero-order valence-electron chi connectivity index (χ0n) is 18.1. The number of fused-ring (bicyclic) bond motifs is 1. The highest BCUT2D eigenvalue weighted by Crippen LogP contribution is 2.42. The Morgan fingerprint density at radius 1 is 1.00 bits per heavy atom. The van der Waals surface area contributed by atoms with Crippen LogP contribution in [0.3, 0.4) is 0 Å². The van der Waals surface area contributed by atoms with Crippen LogP contribution in [0.25, 0.3) is 0 Å². The Hall–Kier alpha value is -3.68. The number of hydrogen-bond donors (Lipinski definition) is 0. The van der Waals surface area contributed by atoms with E-state index in [1.54, 1.807) is 21.9 Å². The molecule has 170 valence electrons. The fraction of sp³-hybridized carbons (Fsp3) is 0.240. The molecule has 33 heavy (non-hydrogen) atoms. The van der Waals surface area contributed by atoms with E-state index >= 15 is 0 Å². The second-order valence-corrected chi connectivity index (χ2v) is 7.99. The molecule has 0 N–H and O–H groups in total. The highest BCUT2D eigenvalue weighted by atomic mass is 19.4. The second kappa shape index (κ2) is 8.69. The van der Waals surface area contributed by atoms with Gasteiger partial charge in [0.1, 0.15) is 5.69 Å². The molecule has 1 aromatic heterocycles. The van der Waals surface area contributed by atoms with Gasteiger partial charge in [-0.3, -0.25) is 14.6 Å². The molecule has 4 rings (SSSR count). The van der Waals surface area contributed by atoms with Gasteiger partial charge in [-0.2, -0.15) is 13.2 Å². The summed E-state index contributed by atoms with van der Waals surface area (Å²) in [6, 6.07) is 17.9. The van der Waals surface area contributed by atoms with Gasteiger partial charge in [0.25, 0.3) is 5.91 Å². The summed E-state index contributed by atoms with van der Waals surface area (Å²) in [5.74, 6) is -0.566. The standard InChI is InChI=1S/C25H22F3N3O2/c1-16-14-22(31(17(2)32)19-8-4-3-5-9-19)20-10-6-7-11-21(20)30(16)24(33)18-12-13-23(29-15-18)25(26,27)28/h3-13,15-16,22H,14H2,1-2H3/t16-,22+/m0/s1. The maximum absolute atomic E-state index is 13.3. The topological polar surface area (TPSA) is 53.5 Å². The first-order chi connectivity index (χ1) is 15.7. The quantitative estimate of drug-likeness (QED) is 0.516. The van der Waals surface area contributed by atoms with Crippen molar-refractivity contribution in [3.05, 3.63) is 89.7 Å². The van der Waals surface area contributed by atoms with Crippen LogP contribution < -0.4 is 9.80 Å². The average Bonchev–Trinajstić information content (AvgIpc) is 2.79. The van der Waals surface area contributed by atoms with Crippen molar-refractivity contribution in [3.8, 4) is 0 Å². The first kappa shape index (κ1) is 22.5. The van der Waals surface area contributed by atoms with Gasteiger partial charge in [-0.15, -0.1) is 0 Å². The second-order valence-electron chi connectivity index (χ2n) is 7.99. The van der Waals surface area contributed by atoms with Crippen LogP contribution >= 0.6 is 0 Å². The lowest BCUT2D eigenvalue weighted by Crippen LogP contribution is -2.47. The van der Waals surface area contributed by atoms with Crippen molar-refractivity contribution in [2.45, 2.75) is 38.5 Å². The molecule has 3 aromatic rings. The fourth-order valence-electron chi connectivity index (χ4n) is 4.33. The van der Waals surface area contributed by atoms with Crippen molar-refractivity contribution < 1.29 is 22.8 Å². The number of carbonyl (C=O) groups is 2. The number of para-hydroxylation sites is 2. The average molecular weight is 453 g/mol. The number of hydrogen-bond acceptors (Lipinski definition) is 3. The van der Waals surface area contributed by atoms with Crippen molar-refractivity contribution in [3.63, 3.8) is 0 Å². The van der Waals surface area contributed by atoms with Crippen LogP contribution in [0.1, 0.15) is 47.9 Å². The van der Waals surface area contributed by atoms with Gasteiger partial charge in [0.15, 0.2) is 0 Å². The predicted molar refractivity (Wildman–Crippen MR) is 119 cm³/mol. The van der Waals surface area contributed by atoms with Crippen LogP contribution in [0.15, 0.2) is 72.9 Å². The lowest BCUT2D eigenvalue weighted by atomic mass is 9.89. The molecule has 0 aliphatic carbocycles. The Morgan fingerprint density at radius 3 is 2.27 bits per heavy atom. The molecule has 0 saturated heterocycles. The minimum atomic E-state index is -4.58. The molecule has 5 nitrogen and oxygen atoms in total. The lowest BCUT2D eigenvalue weighted by Gasteiger charge is -2.43. The fourth-order valence-corrected chi connectivity index (χ4v) is 4.33. The van der Waals surface area contributed by atoms with Gasteiger partial charge in [-0.25, -0.2) is 0 Å². The van der Waals surface area contributed by atoms with Crippen LogP contribution in [0.5, 0.6) is 0 Å². The molecule has 2 aromatic carbocycles. The number of rotatable bonds is 3. The van der Waals surface area contributed by atoms with Crippen molar-refractivity contribution in [1.82, 2.24) is 4.98 Å². The third-order valence-electron chi connectivity index (χ3n) is 5.77. The van der Waals surface area contributed by atoms with Gasteiger partial charge in [-0.05, 0) is 49.2 Å². The summed E-state index contributed by atoms with van der Waals surface area (Å²) in [4.78, 5) is 32.7. The lowest BCUT2D eigenvalue weighted by molar-refractivity contribution is -0.141. The monoisotopic (exact) mass is 453 g/mol. The third kappa shape index (κ3) is 4.33. The van der Waals surface area contributed by atoms with E-state index in [4.69, 9.17) is 0 Å². The Kier molecular flexibility index (Phi) is 5.93. The SMILES string of the molecule is CC(=O)N(c1ccccc1)[C@@H]1C[C@H](C)N(C(=O)c2ccc(C(F)(F)F)nc2)c2ccccc21. The molecule has 1 aliphatic heterocycles. The molecular weight excluding hydrogens is 431 g/mol. The molecular formula is C25H22F3N3O2. The van der Waals surface area contributed by atoms with E-state index in [0.29, 0.717) is 12.1 Å². The van der Waals surface area contributed by atoms with Gasteiger partial charge >= 0.3 is 6.18 Å². The molecule has 0 unspecified atom stereocenters. The molecule has 2 atom stereocenters. The van der Waals surface area contributed by atoms with Crippen LogP contribution in [0.2, 0.25) is 0 Å². The van der Waals surface area contributed by atoms with Crippen LogP contribution in [-0.4, -0.2) is 22.8 Å². The molecule has 2 heterocycles. The molecule has 1 aliphatic rings. The van der Waals surface area contributed by atoms with Crippen LogP contribution in [0, 0.1) is 0 Å². The molecule has 8 heteroatoms. The van der Waals surface area contributed by atoms with Crippen molar-refractivity contribution >= 4 is 23.2 Å². The van der Waals surface area contributed by atoms with E-state index in [1.165, 1.54) is 6.92 Å². The Balaban J connectivity index is 1.73. The van der Waals surface area contributed by atoms with E-state index in [1.807, 2.05) is 49.4 Å². The van der Waals surface area contributed by atoms with E-state index < -0.39 is 17.8 Å². The van der Waals surface area contributed by atoms with Gasteiger partial charge in [0.2, 0.25) is 5.91 Å². The molecule has 0 spiro atoms. The van der Waals surface area contributed by atoms with E-state index in [-0.39, 0.29) is 23.6 Å². The molecule has 0 fully saturated rings. The van der Waals surface area contributed by atoms with Gasteiger partial charge in [0, 0.05) is 30.5 Å². The number of benzene rings is 2. The van der Waals surface area contributed by atoms with E-state index in [9.17, 15) is 22.8 Å². The van der Waals surface area contributed by atoms with Gasteiger partial charge in [0.05, 0.1) is 11.6 Å². The predicted octanol–water partition coefficient (Wildman–Crippen LogP) is 5.63. The van der Waals surface area contributed by atoms with E-state index in [0.717, 1.165) is 29.6 Å². The summed E-state index contributed by atoms with van der Waals surface area (Å²) < 4.78 is 38.6. The first-order valence-corrected chi connectivity index (χ1v) is 10.5. The van der Waals surface area contributed by atoms with Crippen LogP contribution in [0.4, 0.5) is 24.5 Å².